The monoisotopic (exact) mass is 281 g/mol. The van der Waals surface area contributed by atoms with Crippen molar-refractivity contribution in [2.75, 3.05) is 11.9 Å². The third-order valence-electron chi connectivity index (χ3n) is 3.47. The minimum atomic E-state index is -0.261. The molecule has 3 rings (SSSR count). The van der Waals surface area contributed by atoms with Crippen LogP contribution in [-0.2, 0) is 6.73 Å². The highest BCUT2D eigenvalue weighted by Gasteiger charge is 2.18. The van der Waals surface area contributed by atoms with Crippen LogP contribution in [0.15, 0.2) is 54.7 Å². The van der Waals surface area contributed by atoms with Crippen LogP contribution in [0.2, 0.25) is 0 Å². The van der Waals surface area contributed by atoms with Crippen molar-refractivity contribution < 1.29 is 9.90 Å². The molecule has 5 heteroatoms. The number of rotatable bonds is 3. The zero-order valence-electron chi connectivity index (χ0n) is 11.6. The molecule has 0 bridgehead atoms. The number of hydrogen-bond acceptors (Lipinski definition) is 3. The predicted molar refractivity (Wildman–Crippen MR) is 81.1 cm³/mol. The first-order chi connectivity index (χ1) is 10.2. The Hall–Kier alpha value is -2.66. The molecule has 0 saturated carbocycles. The van der Waals surface area contributed by atoms with Crippen LogP contribution >= 0.6 is 0 Å². The van der Waals surface area contributed by atoms with Crippen molar-refractivity contribution in [1.82, 2.24) is 9.78 Å². The van der Waals surface area contributed by atoms with Crippen LogP contribution < -0.4 is 4.90 Å². The van der Waals surface area contributed by atoms with Crippen LogP contribution in [0.3, 0.4) is 0 Å². The summed E-state index contributed by atoms with van der Waals surface area (Å²) in [6.45, 7) is -0.261. The summed E-state index contributed by atoms with van der Waals surface area (Å²) < 4.78 is 1.42. The molecule has 0 radical (unpaired) electrons. The molecule has 2 aromatic carbocycles. The third-order valence-corrected chi connectivity index (χ3v) is 3.47. The Morgan fingerprint density at radius 1 is 1.19 bits per heavy atom. The van der Waals surface area contributed by atoms with Gasteiger partial charge in [0.15, 0.2) is 0 Å². The van der Waals surface area contributed by atoms with Gasteiger partial charge in [-0.1, -0.05) is 30.3 Å². The number of para-hydroxylation sites is 2. The highest BCUT2D eigenvalue weighted by Crippen LogP contribution is 2.22. The minimum absolute atomic E-state index is 0.137. The van der Waals surface area contributed by atoms with E-state index in [1.165, 1.54) is 4.68 Å². The fraction of sp³-hybridized carbons (Fsp3) is 0.125. The van der Waals surface area contributed by atoms with E-state index < -0.39 is 0 Å². The number of fused-ring (bicyclic) bond motifs is 1. The SMILES string of the molecule is CN(C(=O)c1cccc2cnn(CO)c12)c1ccccc1. The lowest BCUT2D eigenvalue weighted by Crippen LogP contribution is -2.26. The summed E-state index contributed by atoms with van der Waals surface area (Å²) in [4.78, 5) is 14.3. The van der Waals surface area contributed by atoms with Crippen LogP contribution in [0, 0.1) is 0 Å². The number of nitrogens with zero attached hydrogens (tertiary/aromatic N) is 3. The second-order valence-corrected chi connectivity index (χ2v) is 4.73. The molecule has 3 aromatic rings. The van der Waals surface area contributed by atoms with Gasteiger partial charge in [0.25, 0.3) is 5.91 Å². The lowest BCUT2D eigenvalue weighted by Gasteiger charge is -2.18. The average molecular weight is 281 g/mol. The van der Waals surface area contributed by atoms with Crippen molar-refractivity contribution in [3.05, 3.63) is 60.3 Å². The molecule has 0 aliphatic heterocycles. The van der Waals surface area contributed by atoms with E-state index in [4.69, 9.17) is 0 Å². The second-order valence-electron chi connectivity index (χ2n) is 4.73. The third kappa shape index (κ3) is 2.28. The van der Waals surface area contributed by atoms with Crippen molar-refractivity contribution in [3.63, 3.8) is 0 Å². The van der Waals surface area contributed by atoms with Crippen LogP contribution in [0.5, 0.6) is 0 Å². The van der Waals surface area contributed by atoms with Crippen LogP contribution in [0.1, 0.15) is 10.4 Å². The number of aromatic nitrogens is 2. The van der Waals surface area contributed by atoms with E-state index in [9.17, 15) is 9.90 Å². The molecule has 0 aliphatic carbocycles. The number of carbonyl (C=O) groups excluding carboxylic acids is 1. The topological polar surface area (TPSA) is 58.4 Å². The normalized spacial score (nSPS) is 10.8. The largest absolute Gasteiger partial charge is 0.374 e. The Balaban J connectivity index is 2.08. The van der Waals surface area contributed by atoms with E-state index in [-0.39, 0.29) is 12.6 Å². The van der Waals surface area contributed by atoms with E-state index in [1.54, 1.807) is 24.2 Å². The summed E-state index contributed by atoms with van der Waals surface area (Å²) >= 11 is 0. The molecular weight excluding hydrogens is 266 g/mol. The standard InChI is InChI=1S/C16H15N3O2/c1-18(13-7-3-2-4-8-13)16(21)14-9-5-6-12-10-17-19(11-20)15(12)14/h2-10,20H,11H2,1H3. The quantitative estimate of drug-likeness (QED) is 0.801. The summed E-state index contributed by atoms with van der Waals surface area (Å²) in [5.41, 5.74) is 1.98. The zero-order valence-corrected chi connectivity index (χ0v) is 11.6. The summed E-state index contributed by atoms with van der Waals surface area (Å²) in [7, 11) is 1.73. The van der Waals surface area contributed by atoms with Crippen molar-refractivity contribution in [3.8, 4) is 0 Å². The highest BCUT2D eigenvalue weighted by molar-refractivity contribution is 6.12. The summed E-state index contributed by atoms with van der Waals surface area (Å²) in [6.07, 6.45) is 1.64. The van der Waals surface area contributed by atoms with Gasteiger partial charge in [0.2, 0.25) is 0 Å². The first-order valence-electron chi connectivity index (χ1n) is 6.61. The fourth-order valence-corrected chi connectivity index (χ4v) is 2.37. The zero-order chi connectivity index (χ0) is 14.8. The van der Waals surface area contributed by atoms with Crippen molar-refractivity contribution in [2.24, 2.45) is 0 Å². The van der Waals surface area contributed by atoms with E-state index in [1.807, 2.05) is 42.5 Å². The van der Waals surface area contributed by atoms with E-state index in [2.05, 4.69) is 5.10 Å². The molecule has 1 amide bonds. The molecule has 106 valence electrons. The van der Waals surface area contributed by atoms with Crippen LogP contribution in [-0.4, -0.2) is 27.8 Å². The number of anilines is 1. The lowest BCUT2D eigenvalue weighted by molar-refractivity contribution is 0.0993. The Bertz CT molecular complexity index is 781. The summed E-state index contributed by atoms with van der Waals surface area (Å²) in [5.74, 6) is -0.137. The fourth-order valence-electron chi connectivity index (χ4n) is 2.37. The maximum Gasteiger partial charge on any atom is 0.260 e. The van der Waals surface area contributed by atoms with Gasteiger partial charge >= 0.3 is 0 Å². The van der Waals surface area contributed by atoms with Gasteiger partial charge in [-0.25, -0.2) is 4.68 Å². The minimum Gasteiger partial charge on any atom is -0.374 e. The first-order valence-corrected chi connectivity index (χ1v) is 6.61. The summed E-state index contributed by atoms with van der Waals surface area (Å²) in [6, 6.07) is 14.9. The second kappa shape index (κ2) is 5.38. The van der Waals surface area contributed by atoms with Gasteiger partial charge in [0.05, 0.1) is 17.3 Å². The molecule has 21 heavy (non-hydrogen) atoms. The molecule has 0 fully saturated rings. The Kier molecular flexibility index (Phi) is 3.41. The Morgan fingerprint density at radius 2 is 1.95 bits per heavy atom. The number of carbonyl (C=O) groups is 1. The smallest absolute Gasteiger partial charge is 0.260 e. The number of amides is 1. The molecule has 0 saturated heterocycles. The molecule has 1 heterocycles. The Labute approximate surface area is 122 Å². The molecule has 5 nitrogen and oxygen atoms in total. The van der Waals surface area contributed by atoms with Crippen molar-refractivity contribution >= 4 is 22.5 Å². The van der Waals surface area contributed by atoms with Crippen LogP contribution in [0.4, 0.5) is 5.69 Å². The van der Waals surface area contributed by atoms with Gasteiger partial charge < -0.3 is 10.0 Å². The van der Waals surface area contributed by atoms with E-state index >= 15 is 0 Å². The molecule has 0 spiro atoms. The van der Waals surface area contributed by atoms with Crippen molar-refractivity contribution in [2.45, 2.75) is 6.73 Å². The van der Waals surface area contributed by atoms with Gasteiger partial charge in [-0.3, -0.25) is 4.79 Å². The molecule has 0 atom stereocenters. The van der Waals surface area contributed by atoms with Gasteiger partial charge in [0, 0.05) is 18.1 Å². The molecule has 1 aromatic heterocycles. The maximum atomic E-state index is 12.7. The van der Waals surface area contributed by atoms with Crippen LogP contribution in [0.25, 0.3) is 10.9 Å². The number of aliphatic hydroxyl groups excluding tert-OH is 1. The van der Waals surface area contributed by atoms with Gasteiger partial charge in [-0.15, -0.1) is 0 Å². The van der Waals surface area contributed by atoms with E-state index in [0.29, 0.717) is 11.1 Å². The Morgan fingerprint density at radius 3 is 2.67 bits per heavy atom. The van der Waals surface area contributed by atoms with Gasteiger partial charge in [0.1, 0.15) is 6.73 Å². The van der Waals surface area contributed by atoms with Gasteiger partial charge in [-0.2, -0.15) is 5.10 Å². The van der Waals surface area contributed by atoms with E-state index in [0.717, 1.165) is 11.1 Å². The average Bonchev–Trinajstić information content (AvgIpc) is 2.97. The highest BCUT2D eigenvalue weighted by atomic mass is 16.3. The predicted octanol–water partition coefficient (Wildman–Crippen LogP) is 2.26. The molecule has 0 aliphatic rings. The van der Waals surface area contributed by atoms with Crippen molar-refractivity contribution in [1.29, 1.82) is 0 Å². The summed E-state index contributed by atoms with van der Waals surface area (Å²) in [5, 5.41) is 14.3. The molecule has 0 unspecified atom stereocenters. The molecule has 1 N–H and O–H groups in total. The lowest BCUT2D eigenvalue weighted by atomic mass is 10.1. The van der Waals surface area contributed by atoms with Gasteiger partial charge in [-0.05, 0) is 18.2 Å². The first kappa shape index (κ1) is 13.3. The number of benzene rings is 2. The molecular formula is C16H15N3O2. The maximum absolute atomic E-state index is 12.7. The number of hydrogen-bond donors (Lipinski definition) is 1. The number of aliphatic hydroxyl groups is 1.